The van der Waals surface area contributed by atoms with Gasteiger partial charge in [-0.25, -0.2) is 0 Å². The molecule has 0 N–H and O–H groups in total. The smallest absolute Gasteiger partial charge is 1.00 e. The first-order chi connectivity index (χ1) is 17.8. The zero-order valence-corrected chi connectivity index (χ0v) is 25.5. The van der Waals surface area contributed by atoms with Crippen molar-refractivity contribution in [1.29, 1.82) is 0 Å². The molecule has 0 spiro atoms. The first-order valence-corrected chi connectivity index (χ1v) is 12.9. The van der Waals surface area contributed by atoms with Gasteiger partial charge in [0.15, 0.2) is 0 Å². The SMILES string of the molecule is [Cl-].[Cl-].[Zr+4].c1ccc2[cH-]c(-n3c4c(c5ccccc53)CCCC4)cc2c1.c1ccc2[cH-]c(-n3cccc3)cc2c1. The second-order valence-electron chi connectivity index (χ2n) is 9.76. The van der Waals surface area contributed by atoms with Gasteiger partial charge in [-0.05, 0) is 60.8 Å². The Morgan fingerprint density at radius 2 is 1.15 bits per heavy atom. The summed E-state index contributed by atoms with van der Waals surface area (Å²) in [5.74, 6) is 0. The summed E-state index contributed by atoms with van der Waals surface area (Å²) in [5, 5.41) is 6.72. The van der Waals surface area contributed by atoms with Crippen molar-refractivity contribution < 1.29 is 51.0 Å². The van der Waals surface area contributed by atoms with Crippen LogP contribution in [0.3, 0.4) is 0 Å². The molecule has 0 atom stereocenters. The molecule has 8 rings (SSSR count). The second kappa shape index (κ2) is 12.6. The van der Waals surface area contributed by atoms with Gasteiger partial charge in [0.1, 0.15) is 0 Å². The van der Waals surface area contributed by atoms with Gasteiger partial charge in [0.2, 0.25) is 0 Å². The van der Waals surface area contributed by atoms with Gasteiger partial charge in [0, 0.05) is 23.5 Å². The van der Waals surface area contributed by atoms with Crippen molar-refractivity contribution in [3.63, 3.8) is 0 Å². The summed E-state index contributed by atoms with van der Waals surface area (Å²) in [6.45, 7) is 0. The molecule has 39 heavy (non-hydrogen) atoms. The van der Waals surface area contributed by atoms with E-state index in [4.69, 9.17) is 0 Å². The Kier molecular flexibility index (Phi) is 9.39. The Labute approximate surface area is 260 Å². The van der Waals surface area contributed by atoms with Gasteiger partial charge < -0.3 is 33.9 Å². The van der Waals surface area contributed by atoms with Crippen molar-refractivity contribution in [2.24, 2.45) is 0 Å². The number of rotatable bonds is 2. The van der Waals surface area contributed by atoms with E-state index >= 15 is 0 Å². The zero-order valence-electron chi connectivity index (χ0n) is 21.5. The van der Waals surface area contributed by atoms with Crippen molar-refractivity contribution in [1.82, 2.24) is 9.13 Å². The van der Waals surface area contributed by atoms with E-state index in [-0.39, 0.29) is 51.0 Å². The molecule has 1 aliphatic carbocycles. The molecule has 2 aromatic heterocycles. The molecule has 2 heterocycles. The number of hydrogen-bond acceptors (Lipinski definition) is 0. The maximum absolute atomic E-state index is 2.50. The number of aryl methyl sites for hydroxylation is 1. The Morgan fingerprint density at radius 1 is 0.590 bits per heavy atom. The van der Waals surface area contributed by atoms with E-state index in [1.807, 2.05) is 12.1 Å². The predicted octanol–water partition coefficient (Wildman–Crippen LogP) is 2.74. The monoisotopic (exact) mass is 624 g/mol. The molecule has 0 unspecified atom stereocenters. The molecule has 2 nitrogen and oxygen atoms in total. The predicted molar refractivity (Wildman–Crippen MR) is 152 cm³/mol. The Balaban J connectivity index is 0.000000182. The standard InChI is InChI=1S/C21H18N.C13H10N.2ClH.Zr/c1-2-8-16-14-17(13-15(16)7-1)22-20-11-5-3-9-18(20)19-10-4-6-12-21(19)22;1-2-6-12-10-13(9-11(12)5-1)14-7-3-4-8-14;;;/h1-3,5,7-9,11,13-14H,4,6,10,12H2;1-10H;2*1H;/q2*-1;;;+4/p-2. The summed E-state index contributed by atoms with van der Waals surface area (Å²) in [7, 11) is 0. The third-order valence-corrected chi connectivity index (χ3v) is 7.55. The molecular weight excluding hydrogens is 599 g/mol. The molecule has 0 fully saturated rings. The number of nitrogens with zero attached hydrogens (tertiary/aromatic N) is 2. The molecular formula is C34H28Cl2N2Zr. The molecule has 0 bridgehead atoms. The largest absolute Gasteiger partial charge is 4.00 e. The molecule has 0 saturated heterocycles. The fraction of sp³-hybridized carbons (Fsp3) is 0.118. The molecule has 0 saturated carbocycles. The van der Waals surface area contributed by atoms with E-state index in [1.54, 1.807) is 5.56 Å². The average Bonchev–Trinajstić information content (AvgIpc) is 3.72. The maximum atomic E-state index is 2.50. The van der Waals surface area contributed by atoms with Gasteiger partial charge in [0.25, 0.3) is 0 Å². The first kappa shape index (κ1) is 29.2. The minimum absolute atomic E-state index is 0. The van der Waals surface area contributed by atoms with Crippen LogP contribution < -0.4 is 24.8 Å². The number of fused-ring (bicyclic) bond motifs is 5. The summed E-state index contributed by atoms with van der Waals surface area (Å²) in [6, 6.07) is 39.1. The van der Waals surface area contributed by atoms with Crippen LogP contribution in [0.5, 0.6) is 0 Å². The molecule has 7 aromatic rings. The Morgan fingerprint density at radius 3 is 1.85 bits per heavy atom. The van der Waals surface area contributed by atoms with E-state index in [9.17, 15) is 0 Å². The van der Waals surface area contributed by atoms with E-state index in [1.165, 1.54) is 75.2 Å². The first-order valence-electron chi connectivity index (χ1n) is 12.9. The van der Waals surface area contributed by atoms with Crippen LogP contribution in [0, 0.1) is 0 Å². The average molecular weight is 627 g/mol. The fourth-order valence-electron chi connectivity index (χ4n) is 5.84. The third-order valence-electron chi connectivity index (χ3n) is 7.55. The molecule has 0 amide bonds. The van der Waals surface area contributed by atoms with Crippen LogP contribution >= 0.6 is 0 Å². The number of halogens is 2. The second-order valence-corrected chi connectivity index (χ2v) is 9.76. The van der Waals surface area contributed by atoms with Gasteiger partial charge in [-0.2, -0.15) is 0 Å². The molecule has 0 aliphatic heterocycles. The maximum Gasteiger partial charge on any atom is 4.00 e. The van der Waals surface area contributed by atoms with E-state index in [0.29, 0.717) is 0 Å². The summed E-state index contributed by atoms with van der Waals surface area (Å²) in [4.78, 5) is 0. The summed E-state index contributed by atoms with van der Waals surface area (Å²) in [5.41, 5.74) is 7.02. The zero-order chi connectivity index (χ0) is 23.9. The molecule has 0 radical (unpaired) electrons. The molecule has 5 heteroatoms. The van der Waals surface area contributed by atoms with Gasteiger partial charge in [0.05, 0.1) is 5.52 Å². The van der Waals surface area contributed by atoms with E-state index < -0.39 is 0 Å². The van der Waals surface area contributed by atoms with Crippen LogP contribution in [-0.2, 0) is 39.0 Å². The van der Waals surface area contributed by atoms with Crippen LogP contribution in [-0.4, -0.2) is 9.13 Å². The fourth-order valence-corrected chi connectivity index (χ4v) is 5.84. The van der Waals surface area contributed by atoms with Gasteiger partial charge in [-0.15, -0.1) is 82.2 Å². The van der Waals surface area contributed by atoms with Gasteiger partial charge in [-0.1, -0.05) is 30.3 Å². The van der Waals surface area contributed by atoms with Crippen LogP contribution in [0.15, 0.2) is 122 Å². The topological polar surface area (TPSA) is 9.86 Å². The minimum atomic E-state index is 0. The van der Waals surface area contributed by atoms with Crippen LogP contribution in [0.25, 0.3) is 43.8 Å². The van der Waals surface area contributed by atoms with E-state index in [0.717, 1.165) is 0 Å². The van der Waals surface area contributed by atoms with Crippen molar-refractivity contribution in [3.05, 3.63) is 133 Å². The van der Waals surface area contributed by atoms with Crippen LogP contribution in [0.2, 0.25) is 0 Å². The number of hydrogen-bond donors (Lipinski definition) is 0. The van der Waals surface area contributed by atoms with Gasteiger partial charge >= 0.3 is 26.2 Å². The van der Waals surface area contributed by atoms with Crippen molar-refractivity contribution in [3.8, 4) is 11.4 Å². The number of benzene rings is 3. The molecule has 1 aliphatic rings. The van der Waals surface area contributed by atoms with Crippen LogP contribution in [0.1, 0.15) is 24.1 Å². The van der Waals surface area contributed by atoms with Crippen molar-refractivity contribution >= 4 is 32.4 Å². The summed E-state index contributed by atoms with van der Waals surface area (Å²) >= 11 is 0. The Bertz CT molecular complexity index is 1740. The van der Waals surface area contributed by atoms with E-state index in [2.05, 4.69) is 119 Å². The van der Waals surface area contributed by atoms with Gasteiger partial charge in [-0.3, -0.25) is 0 Å². The quantitative estimate of drug-likeness (QED) is 0.262. The summed E-state index contributed by atoms with van der Waals surface area (Å²) < 4.78 is 4.63. The summed E-state index contributed by atoms with van der Waals surface area (Å²) in [6.07, 6.45) is 9.19. The van der Waals surface area contributed by atoms with Crippen molar-refractivity contribution in [2.75, 3.05) is 0 Å². The molecule has 192 valence electrons. The minimum Gasteiger partial charge on any atom is -1.00 e. The Hall–Kier alpha value is -2.84. The van der Waals surface area contributed by atoms with Crippen LogP contribution in [0.4, 0.5) is 0 Å². The molecule has 5 aromatic carbocycles. The van der Waals surface area contributed by atoms with Crippen molar-refractivity contribution in [2.45, 2.75) is 25.7 Å². The normalized spacial score (nSPS) is 12.1. The number of para-hydroxylation sites is 1. The third kappa shape index (κ3) is 5.46. The number of aromatic nitrogens is 2.